The largest absolute Gasteiger partial charge is 0.333 e. The SMILES string of the molecule is CN1C(=O)C(=O)N(CCCS)C1=O. The van der Waals surface area contributed by atoms with Crippen LogP contribution in [0.1, 0.15) is 6.42 Å². The Bertz CT molecular complexity index is 266. The van der Waals surface area contributed by atoms with Gasteiger partial charge in [0.25, 0.3) is 0 Å². The molecular formula is C7H10N2O3S. The van der Waals surface area contributed by atoms with Crippen LogP contribution in [0.15, 0.2) is 0 Å². The molecule has 1 saturated heterocycles. The zero-order valence-electron chi connectivity index (χ0n) is 7.19. The molecule has 6 heteroatoms. The standard InChI is InChI=1S/C7H10N2O3S/c1-8-5(10)6(11)9(7(8)12)3-2-4-13/h13H,2-4H2,1H3. The van der Waals surface area contributed by atoms with Crippen molar-refractivity contribution in [3.63, 3.8) is 0 Å². The fourth-order valence-corrected chi connectivity index (χ4v) is 1.18. The number of nitrogens with zero attached hydrogens (tertiary/aromatic N) is 2. The number of rotatable bonds is 3. The molecule has 0 saturated carbocycles. The Hall–Kier alpha value is -1.04. The first-order chi connectivity index (χ1) is 6.09. The normalized spacial score (nSPS) is 17.5. The first kappa shape index (κ1) is 10.0. The molecule has 1 aliphatic heterocycles. The highest BCUT2D eigenvalue weighted by Gasteiger charge is 2.41. The number of imide groups is 2. The Morgan fingerprint density at radius 3 is 2.23 bits per heavy atom. The number of hydrogen-bond acceptors (Lipinski definition) is 4. The molecule has 0 aromatic heterocycles. The van der Waals surface area contributed by atoms with Gasteiger partial charge < -0.3 is 0 Å². The van der Waals surface area contributed by atoms with E-state index in [1.165, 1.54) is 7.05 Å². The van der Waals surface area contributed by atoms with Gasteiger partial charge in [-0.3, -0.25) is 19.4 Å². The Morgan fingerprint density at radius 2 is 1.85 bits per heavy atom. The fraction of sp³-hybridized carbons (Fsp3) is 0.571. The highest BCUT2D eigenvalue weighted by Crippen LogP contribution is 2.09. The molecule has 0 spiro atoms. The quantitative estimate of drug-likeness (QED) is 0.389. The van der Waals surface area contributed by atoms with Crippen LogP contribution < -0.4 is 0 Å². The zero-order valence-corrected chi connectivity index (χ0v) is 8.08. The van der Waals surface area contributed by atoms with Crippen LogP contribution in [0.3, 0.4) is 0 Å². The van der Waals surface area contributed by atoms with Crippen LogP contribution in [0.2, 0.25) is 0 Å². The first-order valence-corrected chi connectivity index (χ1v) is 4.47. The average molecular weight is 202 g/mol. The van der Waals surface area contributed by atoms with Gasteiger partial charge in [0.1, 0.15) is 0 Å². The van der Waals surface area contributed by atoms with Crippen LogP contribution in [-0.4, -0.2) is 47.0 Å². The fourth-order valence-electron chi connectivity index (χ4n) is 1.04. The van der Waals surface area contributed by atoms with Gasteiger partial charge in [0.15, 0.2) is 0 Å². The van der Waals surface area contributed by atoms with Gasteiger partial charge in [0.2, 0.25) is 0 Å². The minimum absolute atomic E-state index is 0.261. The van der Waals surface area contributed by atoms with E-state index in [1.54, 1.807) is 0 Å². The van der Waals surface area contributed by atoms with Gasteiger partial charge in [0, 0.05) is 13.6 Å². The predicted octanol–water partition coefficient (Wildman–Crippen LogP) is -0.273. The molecule has 0 bridgehead atoms. The highest BCUT2D eigenvalue weighted by molar-refractivity contribution is 7.80. The summed E-state index contributed by atoms with van der Waals surface area (Å²) in [5, 5.41) is 0. The van der Waals surface area contributed by atoms with Crippen molar-refractivity contribution in [2.24, 2.45) is 0 Å². The van der Waals surface area contributed by atoms with Gasteiger partial charge in [-0.05, 0) is 12.2 Å². The molecule has 13 heavy (non-hydrogen) atoms. The van der Waals surface area contributed by atoms with E-state index in [0.29, 0.717) is 12.2 Å². The average Bonchev–Trinajstić information content (AvgIpc) is 2.30. The number of likely N-dealkylation sites (N-methyl/N-ethyl adjacent to an activating group) is 1. The molecule has 0 atom stereocenters. The van der Waals surface area contributed by atoms with Crippen molar-refractivity contribution in [3.8, 4) is 0 Å². The molecule has 0 aromatic carbocycles. The molecule has 0 N–H and O–H groups in total. The summed E-state index contributed by atoms with van der Waals surface area (Å²) in [7, 11) is 1.29. The van der Waals surface area contributed by atoms with Crippen molar-refractivity contribution in [2.75, 3.05) is 19.3 Å². The minimum atomic E-state index is -0.760. The van der Waals surface area contributed by atoms with Crippen LogP contribution in [0.4, 0.5) is 4.79 Å². The summed E-state index contributed by atoms with van der Waals surface area (Å²) >= 11 is 3.95. The predicted molar refractivity (Wildman–Crippen MR) is 48.3 cm³/mol. The van der Waals surface area contributed by atoms with Gasteiger partial charge in [-0.25, -0.2) is 4.79 Å². The van der Waals surface area contributed by atoms with Crippen molar-refractivity contribution >= 4 is 30.5 Å². The monoisotopic (exact) mass is 202 g/mol. The second-order valence-electron chi connectivity index (χ2n) is 2.68. The van der Waals surface area contributed by atoms with E-state index in [1.807, 2.05) is 0 Å². The lowest BCUT2D eigenvalue weighted by Crippen LogP contribution is -2.32. The van der Waals surface area contributed by atoms with Crippen molar-refractivity contribution < 1.29 is 14.4 Å². The lowest BCUT2D eigenvalue weighted by molar-refractivity contribution is -0.142. The number of amides is 4. The summed E-state index contributed by atoms with van der Waals surface area (Å²) in [6, 6.07) is -0.545. The Kier molecular flexibility index (Phi) is 2.92. The number of urea groups is 1. The lowest BCUT2D eigenvalue weighted by Gasteiger charge is -2.10. The number of thiol groups is 1. The third kappa shape index (κ3) is 1.67. The zero-order chi connectivity index (χ0) is 10.0. The maximum absolute atomic E-state index is 11.2. The van der Waals surface area contributed by atoms with Crippen molar-refractivity contribution in [3.05, 3.63) is 0 Å². The Balaban J connectivity index is 2.70. The summed E-state index contributed by atoms with van der Waals surface area (Å²) < 4.78 is 0. The topological polar surface area (TPSA) is 57.7 Å². The molecule has 0 aromatic rings. The van der Waals surface area contributed by atoms with Gasteiger partial charge in [-0.15, -0.1) is 0 Å². The molecule has 1 rings (SSSR count). The third-order valence-electron chi connectivity index (χ3n) is 1.79. The first-order valence-electron chi connectivity index (χ1n) is 3.84. The van der Waals surface area contributed by atoms with E-state index < -0.39 is 17.8 Å². The lowest BCUT2D eigenvalue weighted by atomic mass is 10.4. The molecule has 1 aliphatic rings. The van der Waals surface area contributed by atoms with Crippen LogP contribution >= 0.6 is 12.6 Å². The van der Waals surface area contributed by atoms with Gasteiger partial charge in [-0.2, -0.15) is 12.6 Å². The van der Waals surface area contributed by atoms with Crippen LogP contribution in [-0.2, 0) is 9.59 Å². The van der Waals surface area contributed by atoms with E-state index in [0.717, 1.165) is 9.80 Å². The molecule has 0 radical (unpaired) electrons. The molecular weight excluding hydrogens is 192 g/mol. The van der Waals surface area contributed by atoms with Gasteiger partial charge in [0.05, 0.1) is 0 Å². The van der Waals surface area contributed by atoms with E-state index in [9.17, 15) is 14.4 Å². The van der Waals surface area contributed by atoms with Crippen LogP contribution in [0.25, 0.3) is 0 Å². The van der Waals surface area contributed by atoms with Crippen molar-refractivity contribution in [2.45, 2.75) is 6.42 Å². The van der Waals surface area contributed by atoms with Crippen LogP contribution in [0, 0.1) is 0 Å². The van der Waals surface area contributed by atoms with E-state index in [4.69, 9.17) is 0 Å². The number of carbonyl (C=O) groups excluding carboxylic acids is 3. The van der Waals surface area contributed by atoms with Gasteiger partial charge in [-0.1, -0.05) is 0 Å². The molecule has 0 unspecified atom stereocenters. The van der Waals surface area contributed by atoms with E-state index in [-0.39, 0.29) is 6.54 Å². The summed E-state index contributed by atoms with van der Waals surface area (Å²) in [4.78, 5) is 35.1. The number of carbonyl (C=O) groups is 3. The summed E-state index contributed by atoms with van der Waals surface area (Å²) in [5.41, 5.74) is 0. The molecule has 4 amide bonds. The molecule has 1 fully saturated rings. The smallest absolute Gasteiger partial charge is 0.263 e. The Labute approximate surface area is 81.1 Å². The van der Waals surface area contributed by atoms with Crippen molar-refractivity contribution in [1.29, 1.82) is 0 Å². The maximum Gasteiger partial charge on any atom is 0.333 e. The summed E-state index contributed by atoms with van der Waals surface area (Å²) in [6.07, 6.45) is 0.599. The third-order valence-corrected chi connectivity index (χ3v) is 2.11. The van der Waals surface area contributed by atoms with E-state index >= 15 is 0 Å². The van der Waals surface area contributed by atoms with Gasteiger partial charge >= 0.3 is 17.8 Å². The second-order valence-corrected chi connectivity index (χ2v) is 3.13. The van der Waals surface area contributed by atoms with E-state index in [2.05, 4.69) is 12.6 Å². The molecule has 0 aliphatic carbocycles. The van der Waals surface area contributed by atoms with Crippen molar-refractivity contribution in [1.82, 2.24) is 9.80 Å². The second kappa shape index (κ2) is 3.78. The maximum atomic E-state index is 11.2. The minimum Gasteiger partial charge on any atom is -0.263 e. The number of hydrogen-bond donors (Lipinski definition) is 1. The van der Waals surface area contributed by atoms with Crippen LogP contribution in [0.5, 0.6) is 0 Å². The summed E-state index contributed by atoms with van der Waals surface area (Å²) in [5.74, 6) is -0.923. The highest BCUT2D eigenvalue weighted by atomic mass is 32.1. The molecule has 5 nitrogen and oxygen atoms in total. The Morgan fingerprint density at radius 1 is 1.23 bits per heavy atom. The summed E-state index contributed by atoms with van der Waals surface area (Å²) in [6.45, 7) is 0.261. The molecule has 1 heterocycles. The molecule has 72 valence electrons.